The lowest BCUT2D eigenvalue weighted by atomic mass is 9.86. The van der Waals surface area contributed by atoms with Crippen molar-refractivity contribution >= 4 is 0 Å². The average molecular weight is 277 g/mol. The van der Waals surface area contributed by atoms with Crippen molar-refractivity contribution in [1.29, 1.82) is 0 Å². The van der Waals surface area contributed by atoms with E-state index >= 15 is 0 Å². The summed E-state index contributed by atoms with van der Waals surface area (Å²) in [5.74, 6) is 1.25. The minimum Gasteiger partial charge on any atom is -0.480 e. The maximum atomic E-state index is 6.03. The highest BCUT2D eigenvalue weighted by atomic mass is 16.5. The molecule has 106 valence electrons. The van der Waals surface area contributed by atoms with Crippen LogP contribution in [-0.2, 0) is 10.2 Å². The Balaban J connectivity index is 1.89. The van der Waals surface area contributed by atoms with Crippen LogP contribution in [0.4, 0.5) is 0 Å². The predicted molar refractivity (Wildman–Crippen MR) is 68.0 cm³/mol. The van der Waals surface area contributed by atoms with Gasteiger partial charge in [-0.25, -0.2) is 0 Å². The highest BCUT2D eigenvalue weighted by Gasteiger charge is 2.44. The molecule has 8 heteroatoms. The number of rotatable bonds is 3. The number of nitrogens with two attached hydrogens (primary N) is 1. The first kappa shape index (κ1) is 12.9. The largest absolute Gasteiger partial charge is 0.480 e. The summed E-state index contributed by atoms with van der Waals surface area (Å²) in [4.78, 5) is 4.36. The molecule has 2 atom stereocenters. The predicted octanol–water partition coefficient (Wildman–Crippen LogP) is 0.150. The summed E-state index contributed by atoms with van der Waals surface area (Å²) in [5, 5.41) is 11.8. The maximum Gasteiger partial charge on any atom is 0.236 e. The molecule has 1 saturated heterocycles. The second kappa shape index (κ2) is 4.80. The SMILES string of the molecule is COc1ccc(-c2noc(C3(C)COCC3N)n2)nn1. The van der Waals surface area contributed by atoms with Crippen molar-refractivity contribution in [2.45, 2.75) is 18.4 Å². The van der Waals surface area contributed by atoms with Gasteiger partial charge in [-0.3, -0.25) is 0 Å². The van der Waals surface area contributed by atoms with Crippen LogP contribution >= 0.6 is 0 Å². The van der Waals surface area contributed by atoms with Gasteiger partial charge in [-0.1, -0.05) is 5.16 Å². The van der Waals surface area contributed by atoms with Crippen molar-refractivity contribution in [1.82, 2.24) is 20.3 Å². The highest BCUT2D eigenvalue weighted by Crippen LogP contribution is 2.31. The van der Waals surface area contributed by atoms with Crippen molar-refractivity contribution < 1.29 is 14.0 Å². The Kier molecular flexibility index (Phi) is 3.11. The molecule has 2 unspecified atom stereocenters. The lowest BCUT2D eigenvalue weighted by Gasteiger charge is -2.21. The Morgan fingerprint density at radius 2 is 2.25 bits per heavy atom. The van der Waals surface area contributed by atoms with Gasteiger partial charge in [0.15, 0.2) is 0 Å². The number of methoxy groups -OCH3 is 1. The van der Waals surface area contributed by atoms with Crippen molar-refractivity contribution in [2.75, 3.05) is 20.3 Å². The second-order valence-corrected chi connectivity index (χ2v) is 4.92. The summed E-state index contributed by atoms with van der Waals surface area (Å²) in [7, 11) is 1.53. The molecule has 2 N–H and O–H groups in total. The highest BCUT2D eigenvalue weighted by molar-refractivity contribution is 5.47. The normalized spacial score (nSPS) is 25.9. The van der Waals surface area contributed by atoms with E-state index in [0.717, 1.165) is 0 Å². The smallest absolute Gasteiger partial charge is 0.236 e. The first-order valence-corrected chi connectivity index (χ1v) is 6.19. The third kappa shape index (κ3) is 2.02. The van der Waals surface area contributed by atoms with Gasteiger partial charge >= 0.3 is 0 Å². The molecular weight excluding hydrogens is 262 g/mol. The first-order valence-electron chi connectivity index (χ1n) is 6.19. The van der Waals surface area contributed by atoms with Crippen LogP contribution in [0.1, 0.15) is 12.8 Å². The van der Waals surface area contributed by atoms with E-state index in [4.69, 9.17) is 19.7 Å². The van der Waals surface area contributed by atoms with E-state index in [-0.39, 0.29) is 6.04 Å². The third-order valence-corrected chi connectivity index (χ3v) is 3.51. The van der Waals surface area contributed by atoms with Gasteiger partial charge in [0.1, 0.15) is 5.69 Å². The summed E-state index contributed by atoms with van der Waals surface area (Å²) < 4.78 is 15.6. The van der Waals surface area contributed by atoms with Gasteiger partial charge in [0.2, 0.25) is 17.6 Å². The lowest BCUT2D eigenvalue weighted by molar-refractivity contribution is 0.169. The van der Waals surface area contributed by atoms with E-state index in [1.54, 1.807) is 12.1 Å². The molecule has 2 aromatic heterocycles. The lowest BCUT2D eigenvalue weighted by Crippen LogP contribution is -2.42. The summed E-state index contributed by atoms with van der Waals surface area (Å²) in [6.45, 7) is 2.89. The zero-order chi connectivity index (χ0) is 14.2. The van der Waals surface area contributed by atoms with Crippen molar-refractivity contribution in [2.24, 2.45) is 5.73 Å². The van der Waals surface area contributed by atoms with Crippen LogP contribution in [0.15, 0.2) is 16.7 Å². The molecule has 0 spiro atoms. The molecule has 0 radical (unpaired) electrons. The van der Waals surface area contributed by atoms with Gasteiger partial charge < -0.3 is 19.7 Å². The third-order valence-electron chi connectivity index (χ3n) is 3.51. The van der Waals surface area contributed by atoms with Gasteiger partial charge in [0, 0.05) is 12.1 Å². The van der Waals surface area contributed by atoms with Crippen LogP contribution in [0.3, 0.4) is 0 Å². The Morgan fingerprint density at radius 1 is 1.40 bits per heavy atom. The molecule has 8 nitrogen and oxygen atoms in total. The molecule has 0 aliphatic carbocycles. The molecular formula is C12H15N5O3. The molecule has 0 amide bonds. The molecule has 20 heavy (non-hydrogen) atoms. The minimum atomic E-state index is -0.467. The summed E-state index contributed by atoms with van der Waals surface area (Å²) in [6, 6.07) is 3.23. The first-order chi connectivity index (χ1) is 9.63. The van der Waals surface area contributed by atoms with Gasteiger partial charge in [-0.05, 0) is 13.0 Å². The summed E-state index contributed by atoms with van der Waals surface area (Å²) in [6.07, 6.45) is 0. The zero-order valence-corrected chi connectivity index (χ0v) is 11.2. The van der Waals surface area contributed by atoms with Crippen molar-refractivity contribution in [3.8, 4) is 17.4 Å². The molecule has 0 aromatic carbocycles. The quantitative estimate of drug-likeness (QED) is 0.844. The molecule has 1 fully saturated rings. The molecule has 3 heterocycles. The number of hydrogen-bond donors (Lipinski definition) is 1. The van der Waals surface area contributed by atoms with Gasteiger partial charge in [-0.15, -0.1) is 10.2 Å². The Bertz CT molecular complexity index is 599. The minimum absolute atomic E-state index is 0.169. The van der Waals surface area contributed by atoms with Gasteiger partial charge in [0.25, 0.3) is 0 Å². The van der Waals surface area contributed by atoms with Crippen LogP contribution in [0.25, 0.3) is 11.5 Å². The summed E-state index contributed by atoms with van der Waals surface area (Å²) in [5.41, 5.74) is 6.08. The van der Waals surface area contributed by atoms with E-state index in [1.807, 2.05) is 6.92 Å². The molecule has 3 rings (SSSR count). The van der Waals surface area contributed by atoms with Crippen LogP contribution in [0.5, 0.6) is 5.88 Å². The fourth-order valence-electron chi connectivity index (χ4n) is 2.02. The van der Waals surface area contributed by atoms with Crippen molar-refractivity contribution in [3.63, 3.8) is 0 Å². The number of hydrogen-bond acceptors (Lipinski definition) is 8. The fourth-order valence-corrected chi connectivity index (χ4v) is 2.02. The molecule has 0 saturated carbocycles. The molecule has 2 aromatic rings. The molecule has 0 bridgehead atoms. The zero-order valence-electron chi connectivity index (χ0n) is 11.2. The van der Waals surface area contributed by atoms with Crippen LogP contribution in [0.2, 0.25) is 0 Å². The average Bonchev–Trinajstić information content (AvgIpc) is 3.08. The monoisotopic (exact) mass is 277 g/mol. The maximum absolute atomic E-state index is 6.03. The number of nitrogens with zero attached hydrogens (tertiary/aromatic N) is 4. The second-order valence-electron chi connectivity index (χ2n) is 4.92. The van der Waals surface area contributed by atoms with Gasteiger partial charge in [0.05, 0.1) is 25.7 Å². The van der Waals surface area contributed by atoms with Crippen LogP contribution in [-0.4, -0.2) is 46.7 Å². The van der Waals surface area contributed by atoms with E-state index in [9.17, 15) is 0 Å². The van der Waals surface area contributed by atoms with E-state index in [0.29, 0.717) is 36.5 Å². The Labute approximate surface area is 115 Å². The van der Waals surface area contributed by atoms with E-state index in [1.165, 1.54) is 7.11 Å². The Hall–Kier alpha value is -2.06. The van der Waals surface area contributed by atoms with Gasteiger partial charge in [-0.2, -0.15) is 4.98 Å². The fraction of sp³-hybridized carbons (Fsp3) is 0.500. The van der Waals surface area contributed by atoms with Crippen LogP contribution < -0.4 is 10.5 Å². The molecule has 1 aliphatic heterocycles. The summed E-state index contributed by atoms with van der Waals surface area (Å²) >= 11 is 0. The van der Waals surface area contributed by atoms with E-state index < -0.39 is 5.41 Å². The number of ether oxygens (including phenoxy) is 2. The van der Waals surface area contributed by atoms with E-state index in [2.05, 4.69) is 20.3 Å². The molecule has 1 aliphatic rings. The topological polar surface area (TPSA) is 109 Å². The Morgan fingerprint density at radius 3 is 2.85 bits per heavy atom. The number of aromatic nitrogens is 4. The van der Waals surface area contributed by atoms with Crippen molar-refractivity contribution in [3.05, 3.63) is 18.0 Å². The van der Waals surface area contributed by atoms with Crippen LogP contribution in [0, 0.1) is 0 Å². The standard InChI is InChI=1S/C12H15N5O3/c1-12(6-19-5-8(12)13)11-14-10(17-20-11)7-3-4-9(18-2)16-15-7/h3-4,8H,5-6,13H2,1-2H3.